The first-order valence-electron chi connectivity index (χ1n) is 7.55. The van der Waals surface area contributed by atoms with E-state index >= 15 is 0 Å². The summed E-state index contributed by atoms with van der Waals surface area (Å²) in [7, 11) is 1.92. The number of anilines is 2. The van der Waals surface area contributed by atoms with Crippen molar-refractivity contribution in [2.24, 2.45) is 7.05 Å². The molecule has 2 N–H and O–H groups in total. The number of hydrogen-bond donors (Lipinski definition) is 2. The molecule has 114 valence electrons. The molecule has 0 aliphatic rings. The van der Waals surface area contributed by atoms with Crippen LogP contribution in [0.1, 0.15) is 38.2 Å². The van der Waals surface area contributed by atoms with Crippen LogP contribution in [0.15, 0.2) is 18.3 Å². The molecular formula is C15H24N6. The highest BCUT2D eigenvalue weighted by molar-refractivity contribution is 5.47. The van der Waals surface area contributed by atoms with Crippen molar-refractivity contribution in [2.75, 3.05) is 17.2 Å². The van der Waals surface area contributed by atoms with Crippen LogP contribution in [0.2, 0.25) is 0 Å². The molecule has 0 radical (unpaired) electrons. The van der Waals surface area contributed by atoms with Gasteiger partial charge in [-0.05, 0) is 18.9 Å². The summed E-state index contributed by atoms with van der Waals surface area (Å²) in [6, 6.07) is 3.95. The van der Waals surface area contributed by atoms with Gasteiger partial charge in [0.25, 0.3) is 0 Å². The summed E-state index contributed by atoms with van der Waals surface area (Å²) in [5.74, 6) is 2.61. The summed E-state index contributed by atoms with van der Waals surface area (Å²) in [4.78, 5) is 9.09. The standard InChI is InChI=1S/C15H24N6/c1-4-6-13-18-14(16-8-5-2)10-15(19-13)17-11-12-7-9-21(3)20-12/h7,9-10H,4-6,8,11H2,1-3H3,(H2,16,17,18,19). The van der Waals surface area contributed by atoms with Gasteiger partial charge in [-0.25, -0.2) is 9.97 Å². The van der Waals surface area contributed by atoms with Crippen LogP contribution in [0.25, 0.3) is 0 Å². The fourth-order valence-electron chi connectivity index (χ4n) is 2.01. The van der Waals surface area contributed by atoms with Crippen molar-refractivity contribution in [1.29, 1.82) is 0 Å². The minimum Gasteiger partial charge on any atom is -0.370 e. The van der Waals surface area contributed by atoms with E-state index in [0.717, 1.165) is 49.0 Å². The zero-order valence-corrected chi connectivity index (χ0v) is 13.1. The first-order chi connectivity index (χ1) is 10.2. The normalized spacial score (nSPS) is 10.6. The summed E-state index contributed by atoms with van der Waals surface area (Å²) >= 11 is 0. The zero-order valence-electron chi connectivity index (χ0n) is 13.1. The van der Waals surface area contributed by atoms with Crippen LogP contribution in [0.4, 0.5) is 11.6 Å². The van der Waals surface area contributed by atoms with Gasteiger partial charge in [-0.15, -0.1) is 0 Å². The third kappa shape index (κ3) is 4.73. The highest BCUT2D eigenvalue weighted by atomic mass is 15.3. The van der Waals surface area contributed by atoms with Gasteiger partial charge in [0.15, 0.2) is 0 Å². The van der Waals surface area contributed by atoms with E-state index in [0.29, 0.717) is 6.54 Å². The van der Waals surface area contributed by atoms with Crippen molar-refractivity contribution in [1.82, 2.24) is 19.7 Å². The number of hydrogen-bond acceptors (Lipinski definition) is 5. The van der Waals surface area contributed by atoms with E-state index < -0.39 is 0 Å². The second kappa shape index (κ2) is 7.61. The van der Waals surface area contributed by atoms with Crippen molar-refractivity contribution in [3.8, 4) is 0 Å². The van der Waals surface area contributed by atoms with Crippen molar-refractivity contribution < 1.29 is 0 Å². The first kappa shape index (κ1) is 15.3. The van der Waals surface area contributed by atoms with E-state index in [-0.39, 0.29) is 0 Å². The number of nitrogens with one attached hydrogen (secondary N) is 2. The van der Waals surface area contributed by atoms with E-state index in [2.05, 4.69) is 39.5 Å². The van der Waals surface area contributed by atoms with Crippen molar-refractivity contribution in [3.63, 3.8) is 0 Å². The molecule has 0 fully saturated rings. The van der Waals surface area contributed by atoms with Gasteiger partial charge in [0.2, 0.25) is 0 Å². The molecule has 0 unspecified atom stereocenters. The van der Waals surface area contributed by atoms with Gasteiger partial charge >= 0.3 is 0 Å². The highest BCUT2D eigenvalue weighted by Gasteiger charge is 2.05. The lowest BCUT2D eigenvalue weighted by molar-refractivity contribution is 0.746. The Bertz CT molecular complexity index is 563. The maximum atomic E-state index is 4.56. The van der Waals surface area contributed by atoms with Crippen LogP contribution in [-0.4, -0.2) is 26.3 Å². The third-order valence-electron chi connectivity index (χ3n) is 3.02. The Morgan fingerprint density at radius 1 is 1.10 bits per heavy atom. The van der Waals surface area contributed by atoms with Crippen LogP contribution in [-0.2, 0) is 20.0 Å². The molecule has 2 heterocycles. The molecule has 2 rings (SSSR count). The predicted molar refractivity (Wildman–Crippen MR) is 85.3 cm³/mol. The maximum Gasteiger partial charge on any atom is 0.133 e. The Morgan fingerprint density at radius 3 is 2.48 bits per heavy atom. The summed E-state index contributed by atoms with van der Waals surface area (Å²) in [6.45, 7) is 5.86. The minimum absolute atomic E-state index is 0.663. The lowest BCUT2D eigenvalue weighted by atomic mass is 10.3. The van der Waals surface area contributed by atoms with E-state index in [9.17, 15) is 0 Å². The van der Waals surface area contributed by atoms with Gasteiger partial charge < -0.3 is 10.6 Å². The molecule has 21 heavy (non-hydrogen) atoms. The molecule has 0 amide bonds. The summed E-state index contributed by atoms with van der Waals surface area (Å²) < 4.78 is 1.80. The monoisotopic (exact) mass is 288 g/mol. The summed E-state index contributed by atoms with van der Waals surface area (Å²) in [6.07, 6.45) is 4.94. The molecule has 0 saturated heterocycles. The number of rotatable bonds is 8. The van der Waals surface area contributed by atoms with Gasteiger partial charge in [0.1, 0.15) is 17.5 Å². The lowest BCUT2D eigenvalue weighted by Crippen LogP contribution is -2.09. The molecule has 0 saturated carbocycles. The van der Waals surface area contributed by atoms with E-state index in [1.54, 1.807) is 4.68 Å². The second-order valence-corrected chi connectivity index (χ2v) is 5.07. The van der Waals surface area contributed by atoms with Crippen LogP contribution in [0.3, 0.4) is 0 Å². The van der Waals surface area contributed by atoms with Gasteiger partial charge in [-0.2, -0.15) is 5.10 Å². The third-order valence-corrected chi connectivity index (χ3v) is 3.02. The molecule has 2 aromatic rings. The van der Waals surface area contributed by atoms with Crippen molar-refractivity contribution in [2.45, 2.75) is 39.7 Å². The van der Waals surface area contributed by atoms with Crippen molar-refractivity contribution >= 4 is 11.6 Å². The first-order valence-corrected chi connectivity index (χ1v) is 7.55. The average Bonchev–Trinajstić information content (AvgIpc) is 2.89. The Hall–Kier alpha value is -2.11. The Balaban J connectivity index is 2.07. The molecular weight excluding hydrogens is 264 g/mol. The topological polar surface area (TPSA) is 67.7 Å². The summed E-state index contributed by atoms with van der Waals surface area (Å²) in [5, 5.41) is 11.0. The average molecular weight is 288 g/mol. The number of nitrogens with zero attached hydrogens (tertiary/aromatic N) is 4. The molecule has 0 bridgehead atoms. The molecule has 0 aliphatic carbocycles. The van der Waals surface area contributed by atoms with Crippen LogP contribution < -0.4 is 10.6 Å². The van der Waals surface area contributed by atoms with Gasteiger partial charge in [0, 0.05) is 32.3 Å². The van der Waals surface area contributed by atoms with Crippen LogP contribution >= 0.6 is 0 Å². The largest absolute Gasteiger partial charge is 0.370 e. The quantitative estimate of drug-likeness (QED) is 0.781. The predicted octanol–water partition coefficient (Wildman–Crippen LogP) is 2.60. The molecule has 0 spiro atoms. The smallest absolute Gasteiger partial charge is 0.133 e. The highest BCUT2D eigenvalue weighted by Crippen LogP contribution is 2.13. The van der Waals surface area contributed by atoms with Gasteiger partial charge in [-0.3, -0.25) is 4.68 Å². The Morgan fingerprint density at radius 2 is 1.86 bits per heavy atom. The van der Waals surface area contributed by atoms with Crippen molar-refractivity contribution in [3.05, 3.63) is 29.8 Å². The Kier molecular flexibility index (Phi) is 5.54. The minimum atomic E-state index is 0.663. The molecule has 0 aliphatic heterocycles. The molecule has 6 heteroatoms. The molecule has 2 aromatic heterocycles. The summed E-state index contributed by atoms with van der Waals surface area (Å²) in [5.41, 5.74) is 0.997. The number of aromatic nitrogens is 4. The van der Waals surface area contributed by atoms with E-state index in [4.69, 9.17) is 0 Å². The second-order valence-electron chi connectivity index (χ2n) is 5.07. The number of aryl methyl sites for hydroxylation is 2. The molecule has 0 aromatic carbocycles. The SMILES string of the molecule is CCCNc1cc(NCc2ccn(C)n2)nc(CCC)n1. The Labute approximate surface area is 126 Å². The molecule has 0 atom stereocenters. The van der Waals surface area contributed by atoms with E-state index in [1.807, 2.05) is 25.4 Å². The van der Waals surface area contributed by atoms with E-state index in [1.165, 1.54) is 0 Å². The zero-order chi connectivity index (χ0) is 15.1. The van der Waals surface area contributed by atoms with Crippen LogP contribution in [0.5, 0.6) is 0 Å². The molecule has 6 nitrogen and oxygen atoms in total. The lowest BCUT2D eigenvalue weighted by Gasteiger charge is -2.10. The fourth-order valence-corrected chi connectivity index (χ4v) is 2.01. The fraction of sp³-hybridized carbons (Fsp3) is 0.533. The van der Waals surface area contributed by atoms with Gasteiger partial charge in [-0.1, -0.05) is 13.8 Å². The van der Waals surface area contributed by atoms with Crippen LogP contribution in [0, 0.1) is 0 Å². The van der Waals surface area contributed by atoms with Gasteiger partial charge in [0.05, 0.1) is 12.2 Å². The maximum absolute atomic E-state index is 4.56.